The summed E-state index contributed by atoms with van der Waals surface area (Å²) in [7, 11) is -5.02. The van der Waals surface area contributed by atoms with Gasteiger partial charge in [0.2, 0.25) is 11.6 Å². The van der Waals surface area contributed by atoms with E-state index in [1.165, 1.54) is 0 Å². The number of hydrogen-bond donors (Lipinski definition) is 0. The summed E-state index contributed by atoms with van der Waals surface area (Å²) in [6, 6.07) is 10.1. The molecule has 0 saturated carbocycles. The Bertz CT molecular complexity index is 1690. The van der Waals surface area contributed by atoms with Crippen molar-refractivity contribution in [2.24, 2.45) is 22.2 Å². The minimum Gasteiger partial charge on any atom is -0.462 e. The van der Waals surface area contributed by atoms with Crippen LogP contribution in [-0.4, -0.2) is 89.3 Å². The lowest BCUT2D eigenvalue weighted by atomic mass is 9.87. The second kappa shape index (κ2) is 18.6. The van der Waals surface area contributed by atoms with Gasteiger partial charge < -0.3 is 32.5 Å². The largest absolute Gasteiger partial charge is 0.462 e. The molecule has 2 fully saturated rings. The molecular weight excluding hydrogens is 809 g/mol. The number of esters is 3. The van der Waals surface area contributed by atoms with Gasteiger partial charge in [0.05, 0.1) is 29.5 Å². The lowest BCUT2D eigenvalue weighted by molar-refractivity contribution is -0.320. The minimum absolute atomic E-state index is 0.0673. The molecule has 0 aromatic heterocycles. The fourth-order valence-corrected chi connectivity index (χ4v) is 8.64. The highest BCUT2D eigenvalue weighted by Gasteiger charge is 2.75. The van der Waals surface area contributed by atoms with Crippen LogP contribution in [0.1, 0.15) is 136 Å². The Hall–Kier alpha value is -2.43. The smallest absolute Gasteiger partial charge is 0.311 e. The lowest BCUT2D eigenvalue weighted by Crippen LogP contribution is -2.64. The number of rotatable bonds is 16. The molecule has 348 valence electrons. The van der Waals surface area contributed by atoms with Gasteiger partial charge in [0.25, 0.3) is 0 Å². The highest BCUT2D eigenvalue weighted by Crippen LogP contribution is 2.53. The number of hydrogen-bond acceptors (Lipinski definition) is 11. The quantitative estimate of drug-likeness (QED) is 0.0892. The predicted octanol–water partition coefficient (Wildman–Crippen LogP) is 10.4. The molecule has 2 aliphatic heterocycles. The summed E-state index contributed by atoms with van der Waals surface area (Å²) >= 11 is 0. The summed E-state index contributed by atoms with van der Waals surface area (Å²) in [5.74, 6) is -3.83. The van der Waals surface area contributed by atoms with Gasteiger partial charge in [-0.2, -0.15) is 0 Å². The van der Waals surface area contributed by atoms with Gasteiger partial charge in [-0.15, -0.1) is 0 Å². The first-order chi connectivity index (χ1) is 27.4. The first-order valence-electron chi connectivity index (χ1n) is 22.3. The Labute approximate surface area is 370 Å². The van der Waals surface area contributed by atoms with Crippen molar-refractivity contribution in [3.05, 3.63) is 35.9 Å². The summed E-state index contributed by atoms with van der Waals surface area (Å²) in [5, 5.41) is -0.420. The molecule has 2 aliphatic rings. The van der Waals surface area contributed by atoms with Crippen LogP contribution >= 0.6 is 0 Å². The number of ketones is 1. The zero-order valence-corrected chi connectivity index (χ0v) is 43.5. The van der Waals surface area contributed by atoms with Gasteiger partial charge in [-0.3, -0.25) is 19.2 Å². The SMILES string of the molecule is C[C@H](Cc1ccccc1)[C@@H](CCC[C@]12O[C@H](CO[Si](C)(C)C(C)(C)C)C(=O)[C@](CO[Si](C)(C)C(C)(C)C)(O1)[C@H](OC(=O)C(C)(C)C)[C@H]2OC(=O)C(C)(C)C)OC(=O)C(C)(C)C. The molecule has 0 spiro atoms. The van der Waals surface area contributed by atoms with E-state index in [0.29, 0.717) is 19.3 Å². The average Bonchev–Trinajstić information content (AvgIpc) is 3.31. The van der Waals surface area contributed by atoms with E-state index >= 15 is 4.79 Å². The molecule has 0 N–H and O–H groups in total. The van der Waals surface area contributed by atoms with Crippen LogP contribution in [0.2, 0.25) is 36.3 Å². The Balaban J connectivity index is 2.27. The topological polar surface area (TPSA) is 133 Å². The average molecular weight is 891 g/mol. The van der Waals surface area contributed by atoms with E-state index in [1.807, 2.05) is 39.0 Å². The Morgan fingerprint density at radius 2 is 1.18 bits per heavy atom. The van der Waals surface area contributed by atoms with Crippen LogP contribution in [0.5, 0.6) is 0 Å². The van der Waals surface area contributed by atoms with Crippen molar-refractivity contribution < 1.29 is 51.7 Å². The molecule has 2 heterocycles. The zero-order valence-electron chi connectivity index (χ0n) is 41.5. The maximum atomic E-state index is 15.3. The van der Waals surface area contributed by atoms with Gasteiger partial charge in [0, 0.05) is 6.42 Å². The fraction of sp³-hybridized carbons (Fsp3) is 0.792. The van der Waals surface area contributed by atoms with Crippen molar-refractivity contribution in [2.45, 2.75) is 209 Å². The van der Waals surface area contributed by atoms with Crippen LogP contribution in [0.25, 0.3) is 0 Å². The highest BCUT2D eigenvalue weighted by molar-refractivity contribution is 6.74. The predicted molar refractivity (Wildman–Crippen MR) is 244 cm³/mol. The van der Waals surface area contributed by atoms with Gasteiger partial charge >= 0.3 is 17.9 Å². The summed E-state index contributed by atoms with van der Waals surface area (Å²) in [6.45, 7) is 38.7. The van der Waals surface area contributed by atoms with E-state index in [2.05, 4.69) is 86.8 Å². The number of Topliss-reactive ketones (excluding diaryl/α,β-unsaturated/α-hetero) is 1. The third kappa shape index (κ3) is 12.6. The summed E-state index contributed by atoms with van der Waals surface area (Å²) < 4.78 is 46.7. The van der Waals surface area contributed by atoms with Crippen molar-refractivity contribution in [2.75, 3.05) is 13.2 Å². The van der Waals surface area contributed by atoms with Crippen LogP contribution in [0.15, 0.2) is 30.3 Å². The van der Waals surface area contributed by atoms with Crippen LogP contribution in [0.4, 0.5) is 0 Å². The van der Waals surface area contributed by atoms with Crippen LogP contribution in [0.3, 0.4) is 0 Å². The van der Waals surface area contributed by atoms with Crippen LogP contribution in [0, 0.1) is 22.2 Å². The maximum Gasteiger partial charge on any atom is 0.311 e. The molecule has 0 aliphatic carbocycles. The van der Waals surface area contributed by atoms with E-state index in [4.69, 9.17) is 32.5 Å². The zero-order chi connectivity index (χ0) is 47.0. The van der Waals surface area contributed by atoms with E-state index in [0.717, 1.165) is 5.56 Å². The van der Waals surface area contributed by atoms with Crippen LogP contribution < -0.4 is 0 Å². The monoisotopic (exact) mass is 891 g/mol. The molecule has 2 bridgehead atoms. The summed E-state index contributed by atoms with van der Waals surface area (Å²) in [5.41, 5.74) is -3.50. The van der Waals surface area contributed by atoms with Crippen molar-refractivity contribution in [1.82, 2.24) is 0 Å². The van der Waals surface area contributed by atoms with Crippen molar-refractivity contribution in [1.29, 1.82) is 0 Å². The number of benzene rings is 1. The third-order valence-corrected chi connectivity index (χ3v) is 22.0. The standard InChI is InChI=1S/C48H82O11Si2/c1-32(29-33-25-22-21-23-26-33)34(55-39(50)42(2,3)4)27-24-28-48-38(57-41(52)44(8,9)10)37(56-40(51)43(5,6)7)47(59-48,31-54-61(19,20)46(14,15)16)36(49)35(58-48)30-53-60(17,18)45(11,12)13/h21-23,25-26,32,34-35,37-38H,24,27-31H2,1-20H3/t32-,34-,35-,37-,38-,47+,48+/m1/s1. The maximum absolute atomic E-state index is 15.3. The molecule has 2 saturated heterocycles. The Kier molecular flexibility index (Phi) is 16.1. The van der Waals surface area contributed by atoms with Gasteiger partial charge in [-0.05, 0) is 129 Å². The molecule has 13 heteroatoms. The second-order valence-electron chi connectivity index (χ2n) is 23.8. The fourth-order valence-electron chi connectivity index (χ4n) is 6.63. The molecule has 7 atom stereocenters. The van der Waals surface area contributed by atoms with Gasteiger partial charge in [-0.25, -0.2) is 0 Å². The molecule has 0 unspecified atom stereocenters. The van der Waals surface area contributed by atoms with E-state index < -0.39 is 86.4 Å². The number of ether oxygens (including phenoxy) is 5. The molecule has 1 aromatic rings. The lowest BCUT2D eigenvalue weighted by Gasteiger charge is -2.46. The summed E-state index contributed by atoms with van der Waals surface area (Å²) in [6.07, 6.45) is -2.91. The Morgan fingerprint density at radius 1 is 0.705 bits per heavy atom. The van der Waals surface area contributed by atoms with E-state index in [1.54, 1.807) is 41.5 Å². The number of fused-ring (bicyclic) bond motifs is 2. The Morgan fingerprint density at radius 3 is 1.66 bits per heavy atom. The minimum atomic E-state index is -2.58. The highest BCUT2D eigenvalue weighted by atomic mass is 28.4. The first-order valence-corrected chi connectivity index (χ1v) is 28.1. The molecule has 1 aromatic carbocycles. The first kappa shape index (κ1) is 52.9. The van der Waals surface area contributed by atoms with Crippen molar-refractivity contribution in [3.8, 4) is 0 Å². The molecule has 61 heavy (non-hydrogen) atoms. The molecular formula is C48H82O11Si2. The number of carbonyl (C=O) groups excluding carboxylic acids is 4. The number of carbonyl (C=O) groups is 4. The van der Waals surface area contributed by atoms with Crippen LogP contribution in [-0.2, 0) is 58.1 Å². The summed E-state index contributed by atoms with van der Waals surface area (Å²) in [4.78, 5) is 56.9. The van der Waals surface area contributed by atoms with Gasteiger partial charge in [-0.1, -0.05) is 78.8 Å². The van der Waals surface area contributed by atoms with Crippen molar-refractivity contribution in [3.63, 3.8) is 0 Å². The molecule has 3 rings (SSSR count). The van der Waals surface area contributed by atoms with Gasteiger partial charge in [0.15, 0.2) is 34.4 Å². The third-order valence-electron chi connectivity index (χ3n) is 13.0. The second-order valence-corrected chi connectivity index (χ2v) is 33.4. The van der Waals surface area contributed by atoms with Gasteiger partial charge in [0.1, 0.15) is 12.2 Å². The van der Waals surface area contributed by atoms with E-state index in [9.17, 15) is 14.4 Å². The molecule has 0 amide bonds. The normalized spacial score (nSPS) is 25.2. The molecule has 0 radical (unpaired) electrons. The van der Waals surface area contributed by atoms with Crippen molar-refractivity contribution >= 4 is 40.3 Å². The molecule has 11 nitrogen and oxygen atoms in total. The van der Waals surface area contributed by atoms with E-state index in [-0.39, 0.29) is 41.6 Å².